The first-order chi connectivity index (χ1) is 13.8. The Morgan fingerprint density at radius 1 is 1.10 bits per heavy atom. The Morgan fingerprint density at radius 3 is 2.62 bits per heavy atom. The van der Waals surface area contributed by atoms with Crippen LogP contribution >= 0.6 is 0 Å². The number of benzene rings is 2. The molecule has 0 saturated carbocycles. The van der Waals surface area contributed by atoms with Crippen molar-refractivity contribution in [3.63, 3.8) is 0 Å². The number of nitro groups is 1. The average Bonchev–Trinajstić information content (AvgIpc) is 3.13. The van der Waals surface area contributed by atoms with E-state index in [9.17, 15) is 14.9 Å². The van der Waals surface area contributed by atoms with Crippen LogP contribution in [0.4, 0.5) is 5.69 Å². The summed E-state index contributed by atoms with van der Waals surface area (Å²) in [5.74, 6) is 0.681. The van der Waals surface area contributed by atoms with Gasteiger partial charge >= 0.3 is 0 Å². The fraction of sp³-hybridized carbons (Fsp3) is 0.182. The van der Waals surface area contributed by atoms with E-state index in [2.05, 4.69) is 10.5 Å². The van der Waals surface area contributed by atoms with Crippen LogP contribution in [-0.4, -0.2) is 17.0 Å². The van der Waals surface area contributed by atoms with Crippen molar-refractivity contribution in [2.75, 3.05) is 0 Å². The third-order valence-corrected chi connectivity index (χ3v) is 4.55. The summed E-state index contributed by atoms with van der Waals surface area (Å²) in [6.45, 7) is 5.66. The number of amides is 1. The molecule has 1 amide bonds. The van der Waals surface area contributed by atoms with E-state index in [0.29, 0.717) is 22.6 Å². The van der Waals surface area contributed by atoms with Crippen LogP contribution in [0, 0.1) is 30.9 Å². The van der Waals surface area contributed by atoms with E-state index in [1.54, 1.807) is 31.2 Å². The van der Waals surface area contributed by atoms with Crippen LogP contribution in [0.1, 0.15) is 28.0 Å². The zero-order chi connectivity index (χ0) is 21.0. The molecule has 0 aliphatic carbocycles. The van der Waals surface area contributed by atoms with Gasteiger partial charge in [0.15, 0.2) is 0 Å². The Labute approximate surface area is 168 Å². The number of nitro benzene ring substituents is 1. The monoisotopic (exact) mass is 391 g/mol. The van der Waals surface area contributed by atoms with Crippen molar-refractivity contribution in [1.29, 1.82) is 0 Å². The van der Waals surface area contributed by atoms with Crippen LogP contribution in [0.15, 0.2) is 58.0 Å². The molecule has 0 radical (unpaired) electrons. The summed E-state index contributed by atoms with van der Waals surface area (Å²) < 4.78 is 5.65. The van der Waals surface area contributed by atoms with Gasteiger partial charge in [0.05, 0.1) is 17.6 Å². The first kappa shape index (κ1) is 20.0. The number of rotatable bonds is 6. The van der Waals surface area contributed by atoms with Crippen LogP contribution in [0.25, 0.3) is 11.3 Å². The maximum Gasteiger partial charge on any atom is 0.273 e. The first-order valence-electron chi connectivity index (χ1n) is 9.07. The normalized spacial score (nSPS) is 11.0. The highest BCUT2D eigenvalue weighted by atomic mass is 16.6. The van der Waals surface area contributed by atoms with Gasteiger partial charge in [0.1, 0.15) is 11.5 Å². The van der Waals surface area contributed by atoms with Gasteiger partial charge in [-0.25, -0.2) is 5.43 Å². The molecule has 3 rings (SSSR count). The second kappa shape index (κ2) is 8.52. The van der Waals surface area contributed by atoms with Crippen molar-refractivity contribution in [1.82, 2.24) is 5.43 Å². The zero-order valence-corrected chi connectivity index (χ0v) is 16.4. The van der Waals surface area contributed by atoms with Crippen molar-refractivity contribution >= 4 is 17.8 Å². The average molecular weight is 391 g/mol. The molecule has 2 aromatic carbocycles. The van der Waals surface area contributed by atoms with Gasteiger partial charge in [-0.3, -0.25) is 14.9 Å². The zero-order valence-electron chi connectivity index (χ0n) is 16.4. The highest BCUT2D eigenvalue weighted by molar-refractivity contribution is 5.82. The van der Waals surface area contributed by atoms with E-state index in [-0.39, 0.29) is 18.0 Å². The third-order valence-electron chi connectivity index (χ3n) is 4.55. The van der Waals surface area contributed by atoms with Crippen molar-refractivity contribution in [3.8, 4) is 11.3 Å². The van der Waals surface area contributed by atoms with Crippen LogP contribution in [0.3, 0.4) is 0 Å². The minimum atomic E-state index is -0.421. The third kappa shape index (κ3) is 4.95. The minimum absolute atomic E-state index is 0.0350. The molecule has 0 fully saturated rings. The standard InChI is InChI=1S/C22H21N3O4/c1-14-4-6-17(16(3)10-14)12-22(26)24-23-13-19-8-9-21(29-19)18-7-5-15(2)20(11-18)25(27)28/h4-11,13H,12H2,1-3H3,(H,24,26)/b23-13-. The number of nitrogens with one attached hydrogen (secondary N) is 1. The molecular weight excluding hydrogens is 370 g/mol. The van der Waals surface area contributed by atoms with Crippen molar-refractivity contribution < 1.29 is 14.1 Å². The number of hydrogen-bond acceptors (Lipinski definition) is 5. The van der Waals surface area contributed by atoms with Crippen molar-refractivity contribution in [2.24, 2.45) is 5.10 Å². The van der Waals surface area contributed by atoms with Crippen LogP contribution in [-0.2, 0) is 11.2 Å². The summed E-state index contributed by atoms with van der Waals surface area (Å²) in [7, 11) is 0. The summed E-state index contributed by atoms with van der Waals surface area (Å²) in [5.41, 5.74) is 6.86. The first-order valence-corrected chi connectivity index (χ1v) is 9.07. The Hall–Kier alpha value is -3.74. The Morgan fingerprint density at radius 2 is 1.90 bits per heavy atom. The van der Waals surface area contributed by atoms with E-state index in [1.807, 2.05) is 32.0 Å². The molecule has 0 saturated heterocycles. The lowest BCUT2D eigenvalue weighted by Crippen LogP contribution is -2.20. The van der Waals surface area contributed by atoms with E-state index >= 15 is 0 Å². The summed E-state index contributed by atoms with van der Waals surface area (Å²) in [6, 6.07) is 14.2. The number of carbonyl (C=O) groups excluding carboxylic acids is 1. The lowest BCUT2D eigenvalue weighted by molar-refractivity contribution is -0.385. The molecule has 29 heavy (non-hydrogen) atoms. The number of carbonyl (C=O) groups is 1. The van der Waals surface area contributed by atoms with Gasteiger partial charge < -0.3 is 4.42 Å². The van der Waals surface area contributed by atoms with Crippen molar-refractivity contribution in [3.05, 3.63) is 86.7 Å². The molecule has 0 unspecified atom stereocenters. The fourth-order valence-corrected chi connectivity index (χ4v) is 2.96. The molecule has 0 bridgehead atoms. The van der Waals surface area contributed by atoms with Gasteiger partial charge in [0.2, 0.25) is 5.91 Å². The molecule has 7 nitrogen and oxygen atoms in total. The van der Waals surface area contributed by atoms with Crippen LogP contribution in [0.2, 0.25) is 0 Å². The van der Waals surface area contributed by atoms with Crippen molar-refractivity contribution in [2.45, 2.75) is 27.2 Å². The molecule has 0 spiro atoms. The molecule has 0 aliphatic rings. The smallest absolute Gasteiger partial charge is 0.273 e. The molecule has 0 aliphatic heterocycles. The van der Waals surface area contributed by atoms with Gasteiger partial charge in [-0.2, -0.15) is 5.10 Å². The minimum Gasteiger partial charge on any atom is -0.455 e. The van der Waals surface area contributed by atoms with Gasteiger partial charge in [0, 0.05) is 17.2 Å². The summed E-state index contributed by atoms with van der Waals surface area (Å²) >= 11 is 0. The quantitative estimate of drug-likeness (QED) is 0.381. The summed E-state index contributed by atoms with van der Waals surface area (Å²) in [5, 5.41) is 15.0. The number of hydrogen-bond donors (Lipinski definition) is 1. The predicted octanol–water partition coefficient (Wildman–Crippen LogP) is 4.47. The highest BCUT2D eigenvalue weighted by Gasteiger charge is 2.13. The van der Waals surface area contributed by atoms with Crippen LogP contribution < -0.4 is 5.43 Å². The molecule has 0 atom stereocenters. The van der Waals surface area contributed by atoms with E-state index in [0.717, 1.165) is 16.7 Å². The van der Waals surface area contributed by atoms with Gasteiger partial charge in [-0.1, -0.05) is 35.9 Å². The van der Waals surface area contributed by atoms with Gasteiger partial charge in [0.25, 0.3) is 5.69 Å². The second-order valence-corrected chi connectivity index (χ2v) is 6.86. The number of hydrazone groups is 1. The number of furan rings is 1. The maximum absolute atomic E-state index is 12.1. The SMILES string of the molecule is Cc1ccc(CC(=O)N/N=C\c2ccc(-c3ccc(C)c([N+](=O)[O-])c3)o2)c(C)c1. The van der Waals surface area contributed by atoms with Gasteiger partial charge in [-0.15, -0.1) is 0 Å². The molecule has 7 heteroatoms. The number of aryl methyl sites for hydroxylation is 3. The topological polar surface area (TPSA) is 97.7 Å². The highest BCUT2D eigenvalue weighted by Crippen LogP contribution is 2.27. The molecule has 1 N–H and O–H groups in total. The lowest BCUT2D eigenvalue weighted by Gasteiger charge is -2.05. The summed E-state index contributed by atoms with van der Waals surface area (Å²) in [4.78, 5) is 22.8. The predicted molar refractivity (Wildman–Crippen MR) is 111 cm³/mol. The fourth-order valence-electron chi connectivity index (χ4n) is 2.96. The second-order valence-electron chi connectivity index (χ2n) is 6.86. The molecule has 3 aromatic rings. The summed E-state index contributed by atoms with van der Waals surface area (Å²) in [6.07, 6.45) is 1.63. The lowest BCUT2D eigenvalue weighted by atomic mass is 10.0. The maximum atomic E-state index is 12.1. The van der Waals surface area contributed by atoms with E-state index in [4.69, 9.17) is 4.42 Å². The Kier molecular flexibility index (Phi) is 5.87. The largest absolute Gasteiger partial charge is 0.455 e. The van der Waals surface area contributed by atoms with Gasteiger partial charge in [-0.05, 0) is 44.0 Å². The Balaban J connectivity index is 1.64. The van der Waals surface area contributed by atoms with Crippen LogP contribution in [0.5, 0.6) is 0 Å². The molecular formula is C22H21N3O4. The van der Waals surface area contributed by atoms with E-state index in [1.165, 1.54) is 12.3 Å². The molecule has 1 aromatic heterocycles. The van der Waals surface area contributed by atoms with E-state index < -0.39 is 4.92 Å². The number of nitrogens with zero attached hydrogens (tertiary/aromatic N) is 2. The molecule has 1 heterocycles. The molecule has 148 valence electrons. The Bertz CT molecular complexity index is 1100.